The van der Waals surface area contributed by atoms with Crippen LogP contribution < -0.4 is 26.4 Å². The highest BCUT2D eigenvalue weighted by atomic mass is 35.5. The molecule has 2 aromatic rings. The predicted molar refractivity (Wildman–Crippen MR) is 96.0 cm³/mol. The number of carbonyl (C=O) groups excluding carboxylic acids is 2. The minimum Gasteiger partial charge on any atom is -0.433 e. The summed E-state index contributed by atoms with van der Waals surface area (Å²) in [6, 6.07) is 2.24. The molecular weight excluding hydrogens is 416 g/mol. The summed E-state index contributed by atoms with van der Waals surface area (Å²) in [4.78, 5) is 28.6. The molecule has 154 valence electrons. The second-order valence-corrected chi connectivity index (χ2v) is 5.92. The highest BCUT2D eigenvalue weighted by Gasteiger charge is 2.24. The summed E-state index contributed by atoms with van der Waals surface area (Å²) in [5, 5.41) is 13.4. The van der Waals surface area contributed by atoms with Crippen molar-refractivity contribution >= 4 is 35.1 Å². The molecule has 0 spiro atoms. The molecule has 0 atom stereocenters. The zero-order valence-corrected chi connectivity index (χ0v) is 15.7. The van der Waals surface area contributed by atoms with Crippen LogP contribution in [0.25, 0.3) is 0 Å². The molecule has 1 aliphatic rings. The lowest BCUT2D eigenvalue weighted by atomic mass is 10.1. The van der Waals surface area contributed by atoms with Gasteiger partial charge in [0.1, 0.15) is 12.0 Å². The molecule has 0 saturated heterocycles. The Bertz CT molecular complexity index is 981. The first kappa shape index (κ1) is 20.2. The predicted octanol–water partition coefficient (Wildman–Crippen LogP) is 0.278. The molecule has 0 saturated carbocycles. The summed E-state index contributed by atoms with van der Waals surface area (Å²) < 4.78 is 31.2. The molecule has 2 heterocycles. The van der Waals surface area contributed by atoms with Crippen molar-refractivity contribution in [2.45, 2.75) is 6.61 Å². The average molecular weight is 430 g/mol. The highest BCUT2D eigenvalue weighted by molar-refractivity contribution is 6.37. The van der Waals surface area contributed by atoms with Gasteiger partial charge in [0.25, 0.3) is 11.8 Å². The lowest BCUT2D eigenvalue weighted by Crippen LogP contribution is -2.45. The Morgan fingerprint density at radius 3 is 2.59 bits per heavy atom. The minimum atomic E-state index is -3.19. The largest absolute Gasteiger partial charge is 0.433 e. The summed E-state index contributed by atoms with van der Waals surface area (Å²) in [5.41, 5.74) is 4.54. The van der Waals surface area contributed by atoms with Crippen molar-refractivity contribution < 1.29 is 23.1 Å². The first-order valence-corrected chi connectivity index (χ1v) is 8.21. The number of amides is 2. The number of ether oxygens (including phenoxy) is 1. The smallest absolute Gasteiger partial charge is 0.387 e. The number of aryl methyl sites for hydroxylation is 1. The van der Waals surface area contributed by atoms with Crippen molar-refractivity contribution in [2.75, 3.05) is 12.4 Å². The number of anilines is 1. The van der Waals surface area contributed by atoms with E-state index in [-0.39, 0.29) is 28.1 Å². The fourth-order valence-electron chi connectivity index (χ4n) is 2.22. The number of alkyl halides is 2. The molecule has 0 fully saturated rings. The zero-order valence-electron chi connectivity index (χ0n) is 14.9. The summed E-state index contributed by atoms with van der Waals surface area (Å²) in [7, 11) is 3.12. The number of benzene rings is 1. The van der Waals surface area contributed by atoms with Crippen molar-refractivity contribution in [3.05, 3.63) is 34.9 Å². The number of aromatic nitrogens is 3. The number of hydrazine groups is 2. The third-order valence-corrected chi connectivity index (χ3v) is 3.92. The van der Waals surface area contributed by atoms with Gasteiger partial charge in [0, 0.05) is 14.1 Å². The second-order valence-electron chi connectivity index (χ2n) is 5.55. The van der Waals surface area contributed by atoms with E-state index in [1.807, 2.05) is 0 Å². The van der Waals surface area contributed by atoms with Gasteiger partial charge in [-0.3, -0.25) is 24.6 Å². The van der Waals surface area contributed by atoms with Crippen molar-refractivity contribution in [1.29, 1.82) is 0 Å². The summed E-state index contributed by atoms with van der Waals surface area (Å²) in [5.74, 6) is -2.09. The Balaban J connectivity index is 1.92. The van der Waals surface area contributed by atoms with Crippen molar-refractivity contribution in [3.8, 4) is 5.75 Å². The molecule has 12 nitrogen and oxygen atoms in total. The van der Waals surface area contributed by atoms with Crippen LogP contribution in [0.1, 0.15) is 21.0 Å². The molecule has 0 radical (unpaired) electrons. The molecule has 29 heavy (non-hydrogen) atoms. The quantitative estimate of drug-likeness (QED) is 0.531. The third kappa shape index (κ3) is 4.49. The zero-order chi connectivity index (χ0) is 21.1. The molecule has 1 aromatic heterocycles. The molecule has 4 N–H and O–H groups in total. The Labute approximate surface area is 166 Å². The van der Waals surface area contributed by atoms with E-state index in [0.29, 0.717) is 0 Å². The van der Waals surface area contributed by atoms with E-state index in [1.165, 1.54) is 22.1 Å². The van der Waals surface area contributed by atoms with Gasteiger partial charge in [-0.05, 0) is 12.1 Å². The van der Waals surface area contributed by atoms with E-state index in [9.17, 15) is 18.4 Å². The maximum absolute atomic E-state index is 12.7. The molecule has 0 aliphatic carbocycles. The number of carbonyl (C=O) groups is 2. The molecule has 2 amide bonds. The normalized spacial score (nSPS) is 13.2. The Kier molecular flexibility index (Phi) is 5.74. The van der Waals surface area contributed by atoms with E-state index < -0.39 is 24.2 Å². The molecule has 1 aliphatic heterocycles. The molecule has 0 unspecified atom stereocenters. The first-order chi connectivity index (χ1) is 13.8. The summed E-state index contributed by atoms with van der Waals surface area (Å²) in [6.07, 6.45) is 1.28. The topological polar surface area (TPSA) is 138 Å². The van der Waals surface area contributed by atoms with Crippen LogP contribution in [0.4, 0.5) is 14.5 Å². The number of nitrogens with zero attached hydrogens (tertiary/aromatic N) is 5. The van der Waals surface area contributed by atoms with Gasteiger partial charge in [-0.25, -0.2) is 10.5 Å². The monoisotopic (exact) mass is 429 g/mol. The molecular formula is C14H14ClF2N9O3. The standard InChI is InChI=1S/C14H14ClF2N9O3/c1-25-5-18-10(22-25)12(28)19-9-7(29-13(16)17)4-3-6(8(9)15)11(27)20-14-21-23-24-26(14)2/h3-5,13,23-24H,1-2H3,(H,19,28)(H,20,21,27). The lowest BCUT2D eigenvalue weighted by molar-refractivity contribution is -0.0493. The average Bonchev–Trinajstić information content (AvgIpc) is 3.26. The summed E-state index contributed by atoms with van der Waals surface area (Å²) >= 11 is 6.22. The van der Waals surface area contributed by atoms with E-state index in [1.54, 1.807) is 14.1 Å². The van der Waals surface area contributed by atoms with Crippen molar-refractivity contribution in [2.24, 2.45) is 12.1 Å². The number of hydrogen-bond acceptors (Lipinski definition) is 9. The number of hydrogen-bond donors (Lipinski definition) is 4. The Hall–Kier alpha value is -3.52. The maximum Gasteiger partial charge on any atom is 0.387 e. The van der Waals surface area contributed by atoms with Crippen LogP contribution in [-0.2, 0) is 7.05 Å². The lowest BCUT2D eigenvalue weighted by Gasteiger charge is -2.16. The fraction of sp³-hybridized carbons (Fsp3) is 0.214. The van der Waals surface area contributed by atoms with Crippen LogP contribution >= 0.6 is 11.6 Å². The third-order valence-electron chi connectivity index (χ3n) is 3.53. The number of halogens is 3. The molecule has 1 aromatic carbocycles. The van der Waals surface area contributed by atoms with Crippen molar-refractivity contribution in [3.63, 3.8) is 0 Å². The summed E-state index contributed by atoms with van der Waals surface area (Å²) in [6.45, 7) is -3.19. The molecule has 0 bridgehead atoms. The Morgan fingerprint density at radius 2 is 2.00 bits per heavy atom. The second kappa shape index (κ2) is 8.24. The minimum absolute atomic E-state index is 0.124. The fourth-order valence-corrected chi connectivity index (χ4v) is 2.51. The van der Waals surface area contributed by atoms with Gasteiger partial charge in [-0.15, -0.1) is 15.7 Å². The van der Waals surface area contributed by atoms with E-state index in [4.69, 9.17) is 11.6 Å². The molecule has 15 heteroatoms. The van der Waals surface area contributed by atoms with E-state index >= 15 is 0 Å². The number of hydrazone groups is 1. The van der Waals surface area contributed by atoms with Gasteiger partial charge in [-0.2, -0.15) is 8.78 Å². The van der Waals surface area contributed by atoms with Crippen LogP contribution in [-0.4, -0.2) is 51.2 Å². The van der Waals surface area contributed by atoms with Gasteiger partial charge in [0.15, 0.2) is 5.75 Å². The maximum atomic E-state index is 12.7. The van der Waals surface area contributed by atoms with Gasteiger partial charge >= 0.3 is 6.61 Å². The molecule has 3 rings (SSSR count). The number of rotatable bonds is 5. The van der Waals surface area contributed by atoms with Crippen LogP contribution in [0.2, 0.25) is 5.02 Å². The van der Waals surface area contributed by atoms with Crippen LogP contribution in [0.5, 0.6) is 5.75 Å². The SMILES string of the molecule is CN1NNN=C1NC(=O)c1ccc(OC(F)F)c(NC(=O)c2ncn(C)n2)c1Cl. The van der Waals surface area contributed by atoms with Gasteiger partial charge in [0.2, 0.25) is 11.8 Å². The van der Waals surface area contributed by atoms with Crippen LogP contribution in [0, 0.1) is 0 Å². The van der Waals surface area contributed by atoms with Crippen LogP contribution in [0.15, 0.2) is 23.6 Å². The first-order valence-electron chi connectivity index (χ1n) is 7.84. The van der Waals surface area contributed by atoms with E-state index in [2.05, 4.69) is 41.6 Å². The highest BCUT2D eigenvalue weighted by Crippen LogP contribution is 2.36. The van der Waals surface area contributed by atoms with E-state index in [0.717, 1.165) is 6.07 Å². The Morgan fingerprint density at radius 1 is 1.24 bits per heavy atom. The number of guanidine groups is 1. The van der Waals surface area contributed by atoms with Gasteiger partial charge in [-0.1, -0.05) is 11.6 Å². The van der Waals surface area contributed by atoms with Gasteiger partial charge < -0.3 is 10.1 Å². The van der Waals surface area contributed by atoms with Crippen molar-refractivity contribution in [1.82, 2.24) is 36.2 Å². The number of nitrogens with one attached hydrogen (secondary N) is 4. The van der Waals surface area contributed by atoms with Crippen LogP contribution in [0.3, 0.4) is 0 Å². The van der Waals surface area contributed by atoms with Gasteiger partial charge in [0.05, 0.1) is 10.6 Å².